The molecule has 0 aliphatic heterocycles. The molecule has 0 fully saturated rings. The topological polar surface area (TPSA) is 63.2 Å². The van der Waals surface area contributed by atoms with Crippen molar-refractivity contribution < 1.29 is 23.1 Å². The quantitative estimate of drug-likeness (QED) is 0.781. The van der Waals surface area contributed by atoms with Gasteiger partial charge in [0.05, 0.1) is 0 Å². The molecule has 0 atom stereocenters. The maximum atomic E-state index is 13.8. The predicted molar refractivity (Wildman–Crippen MR) is 69.1 cm³/mol. The lowest BCUT2D eigenvalue weighted by molar-refractivity contribution is -0.335. The first-order valence-electron chi connectivity index (χ1n) is 5.79. The number of hydrogen-bond acceptors (Lipinski definition) is 3. The van der Waals surface area contributed by atoms with Crippen molar-refractivity contribution in [2.45, 2.75) is 39.3 Å². The van der Waals surface area contributed by atoms with Gasteiger partial charge in [-0.15, -0.1) is 0 Å². The molecule has 1 aromatic carbocycles. The Morgan fingerprint density at radius 1 is 1.32 bits per heavy atom. The summed E-state index contributed by atoms with van der Waals surface area (Å²) in [5.74, 6) is 0. The Kier molecular flexibility index (Phi) is 4.94. The van der Waals surface area contributed by atoms with Crippen molar-refractivity contribution in [3.63, 3.8) is 0 Å². The lowest BCUT2D eigenvalue weighted by Gasteiger charge is -2.38. The first-order chi connectivity index (χ1) is 8.57. The minimum absolute atomic E-state index is 0.00150. The predicted octanol–water partition coefficient (Wildman–Crippen LogP) is 2.85. The summed E-state index contributed by atoms with van der Waals surface area (Å²) in [5, 5.41) is 0. The minimum atomic E-state index is -6.06. The van der Waals surface area contributed by atoms with Crippen molar-refractivity contribution in [3.8, 4) is 0 Å². The molecule has 7 heteroatoms. The van der Waals surface area contributed by atoms with Crippen molar-refractivity contribution in [2.75, 3.05) is 0 Å². The lowest BCUT2D eigenvalue weighted by Crippen LogP contribution is -2.30. The van der Waals surface area contributed by atoms with Crippen LogP contribution in [0.25, 0.3) is 0 Å². The molecule has 0 saturated heterocycles. The van der Waals surface area contributed by atoms with E-state index in [1.807, 2.05) is 0 Å². The molecule has 0 radical (unpaired) electrons. The van der Waals surface area contributed by atoms with Crippen molar-refractivity contribution >= 4 is 23.5 Å². The summed E-state index contributed by atoms with van der Waals surface area (Å²) in [6.07, 6.45) is 0.947. The molecular formula is C12H14BrF2O3P-2. The van der Waals surface area contributed by atoms with Crippen LogP contribution in [-0.4, -0.2) is 0 Å². The van der Waals surface area contributed by atoms with Gasteiger partial charge >= 0.3 is 0 Å². The summed E-state index contributed by atoms with van der Waals surface area (Å²) in [4.78, 5) is 21.6. The molecule has 0 aromatic heterocycles. The fraction of sp³-hybridized carbons (Fsp3) is 0.500. The molecular weight excluding hydrogens is 341 g/mol. The van der Waals surface area contributed by atoms with Gasteiger partial charge in [-0.25, -0.2) is 0 Å². The first-order valence-corrected chi connectivity index (χ1v) is 8.12. The molecule has 0 bridgehead atoms. The van der Waals surface area contributed by atoms with Gasteiger partial charge < -0.3 is 14.4 Å². The zero-order valence-corrected chi connectivity index (χ0v) is 13.3. The molecule has 0 aliphatic carbocycles. The molecule has 0 heterocycles. The third kappa shape index (κ3) is 2.92. The summed E-state index contributed by atoms with van der Waals surface area (Å²) in [7, 11) is -6.06. The van der Waals surface area contributed by atoms with Crippen LogP contribution in [0.1, 0.15) is 36.1 Å². The SMILES string of the molecule is CCc1cc(C(F)(F)P(=O)([O-])[O-])c(Br)c(CC)c1C. The Morgan fingerprint density at radius 3 is 2.21 bits per heavy atom. The van der Waals surface area contributed by atoms with Crippen LogP contribution in [0, 0.1) is 6.92 Å². The second-order valence-corrected chi connectivity index (χ2v) is 6.60. The molecule has 0 spiro atoms. The summed E-state index contributed by atoms with van der Waals surface area (Å²) >= 11 is 3.01. The number of aryl methyl sites for hydroxylation is 1. The highest BCUT2D eigenvalue weighted by Gasteiger charge is 2.39. The van der Waals surface area contributed by atoms with Gasteiger partial charge in [0, 0.05) is 17.6 Å². The van der Waals surface area contributed by atoms with E-state index in [0.717, 1.165) is 11.6 Å². The van der Waals surface area contributed by atoms with Crippen molar-refractivity contribution in [2.24, 2.45) is 0 Å². The fourth-order valence-corrected chi connectivity index (χ4v) is 3.59. The number of halogens is 3. The van der Waals surface area contributed by atoms with E-state index in [1.54, 1.807) is 20.8 Å². The fourth-order valence-electron chi connectivity index (χ4n) is 2.02. The van der Waals surface area contributed by atoms with Crippen molar-refractivity contribution in [1.29, 1.82) is 0 Å². The summed E-state index contributed by atoms with van der Waals surface area (Å²) in [6.45, 7) is 5.35. The smallest absolute Gasteiger partial charge is 0.297 e. The van der Waals surface area contributed by atoms with Crippen molar-refractivity contribution in [3.05, 3.63) is 32.8 Å². The monoisotopic (exact) mass is 354 g/mol. The van der Waals surface area contributed by atoms with Crippen LogP contribution in [0.4, 0.5) is 8.78 Å². The van der Waals surface area contributed by atoms with Crippen LogP contribution in [0.15, 0.2) is 10.5 Å². The van der Waals surface area contributed by atoms with Crippen molar-refractivity contribution in [1.82, 2.24) is 0 Å². The standard InChI is InChI=1S/C12H16BrF2O3P/c1-4-8-6-10(12(14,15)19(16,17)18)11(13)9(5-2)7(8)3/h6H,4-5H2,1-3H3,(H2,16,17,18)/p-2. The average molecular weight is 355 g/mol. The van der Waals surface area contributed by atoms with E-state index in [9.17, 15) is 23.1 Å². The molecule has 0 N–H and O–H groups in total. The van der Waals surface area contributed by atoms with Crippen LogP contribution in [0.3, 0.4) is 0 Å². The van der Waals surface area contributed by atoms with Gasteiger partial charge in [0.1, 0.15) is 0 Å². The Labute approximate surface area is 119 Å². The van der Waals surface area contributed by atoms with E-state index in [4.69, 9.17) is 0 Å². The molecule has 3 nitrogen and oxygen atoms in total. The van der Waals surface area contributed by atoms with E-state index >= 15 is 0 Å². The van der Waals surface area contributed by atoms with Gasteiger partial charge in [0.15, 0.2) is 0 Å². The normalized spacial score (nSPS) is 12.8. The average Bonchev–Trinajstić information content (AvgIpc) is 2.28. The summed E-state index contributed by atoms with van der Waals surface area (Å²) in [6, 6.07) is 1.10. The number of alkyl halides is 2. The number of benzene rings is 1. The van der Waals surface area contributed by atoms with Crippen LogP contribution in [0.5, 0.6) is 0 Å². The van der Waals surface area contributed by atoms with Gasteiger partial charge in [-0.1, -0.05) is 13.8 Å². The summed E-state index contributed by atoms with van der Waals surface area (Å²) in [5.41, 5.74) is -3.12. The second-order valence-electron chi connectivity index (χ2n) is 4.25. The zero-order chi connectivity index (χ0) is 15.0. The van der Waals surface area contributed by atoms with E-state index in [0.29, 0.717) is 24.0 Å². The third-order valence-electron chi connectivity index (χ3n) is 3.16. The number of rotatable bonds is 4. The Bertz CT molecular complexity index is 540. The Morgan fingerprint density at radius 2 is 1.84 bits per heavy atom. The number of hydrogen-bond donors (Lipinski definition) is 0. The maximum Gasteiger partial charge on any atom is 0.297 e. The zero-order valence-electron chi connectivity index (χ0n) is 10.8. The second kappa shape index (κ2) is 5.60. The largest absolute Gasteiger partial charge is 0.806 e. The third-order valence-corrected chi connectivity index (χ3v) is 4.99. The van der Waals surface area contributed by atoms with E-state index < -0.39 is 18.8 Å². The first kappa shape index (κ1) is 16.8. The Balaban J connectivity index is 3.67. The molecule has 0 amide bonds. The van der Waals surface area contributed by atoms with Gasteiger partial charge in [-0.3, -0.25) is 0 Å². The van der Waals surface area contributed by atoms with Crippen LogP contribution >= 0.6 is 23.5 Å². The maximum absolute atomic E-state index is 13.8. The highest BCUT2D eigenvalue weighted by atomic mass is 79.9. The lowest BCUT2D eigenvalue weighted by atomic mass is 9.95. The van der Waals surface area contributed by atoms with Crippen LogP contribution < -0.4 is 9.79 Å². The van der Waals surface area contributed by atoms with Crippen LogP contribution in [-0.2, 0) is 23.1 Å². The van der Waals surface area contributed by atoms with Crippen LogP contribution in [0.2, 0.25) is 0 Å². The summed E-state index contributed by atoms with van der Waals surface area (Å²) < 4.78 is 38.3. The molecule has 1 rings (SSSR count). The van der Waals surface area contributed by atoms with Gasteiger partial charge in [0.25, 0.3) is 5.66 Å². The molecule has 108 valence electrons. The Hall–Kier alpha value is -0.290. The molecule has 0 saturated carbocycles. The highest BCUT2D eigenvalue weighted by molar-refractivity contribution is 9.10. The van der Waals surface area contributed by atoms with E-state index in [2.05, 4.69) is 15.9 Å². The molecule has 19 heavy (non-hydrogen) atoms. The minimum Gasteiger partial charge on any atom is -0.806 e. The highest BCUT2D eigenvalue weighted by Crippen LogP contribution is 2.55. The van der Waals surface area contributed by atoms with Gasteiger partial charge in [-0.2, -0.15) is 8.78 Å². The van der Waals surface area contributed by atoms with E-state index in [1.165, 1.54) is 0 Å². The molecule has 0 unspecified atom stereocenters. The van der Waals surface area contributed by atoms with Gasteiger partial charge in [-0.05, 0) is 58.5 Å². The van der Waals surface area contributed by atoms with E-state index in [-0.39, 0.29) is 4.47 Å². The van der Waals surface area contributed by atoms with Gasteiger partial charge in [0.2, 0.25) is 0 Å². The molecule has 1 aromatic rings. The molecule has 0 aliphatic rings.